The van der Waals surface area contributed by atoms with Crippen molar-refractivity contribution in [1.82, 2.24) is 15.0 Å². The van der Waals surface area contributed by atoms with Crippen LogP contribution in [0.15, 0.2) is 0 Å². The van der Waals surface area contributed by atoms with Crippen molar-refractivity contribution >= 4 is 29.5 Å². The van der Waals surface area contributed by atoms with Gasteiger partial charge in [-0.1, -0.05) is 0 Å². The molecule has 0 amide bonds. The Hall–Kier alpha value is -1.63. The van der Waals surface area contributed by atoms with E-state index in [0.29, 0.717) is 0 Å². The van der Waals surface area contributed by atoms with E-state index in [4.69, 9.17) is 22.4 Å². The highest BCUT2D eigenvalue weighted by Crippen LogP contribution is 2.06. The maximum absolute atomic E-state index is 10.2. The highest BCUT2D eigenvalue weighted by molar-refractivity contribution is 6.28. The number of carboxylic acid groups (broad SMARTS) is 1. The number of carbonyl (C=O) groups is 1. The molecule has 0 aliphatic carbocycles. The first kappa shape index (κ1) is 10.5. The van der Waals surface area contributed by atoms with Crippen LogP contribution in [0, 0.1) is 0 Å². The maximum atomic E-state index is 10.2. The Morgan fingerprint density at radius 2 is 2.21 bits per heavy atom. The number of anilines is 2. The van der Waals surface area contributed by atoms with Gasteiger partial charge in [-0.15, -0.1) is 0 Å². The van der Waals surface area contributed by atoms with E-state index in [1.807, 2.05) is 0 Å². The number of aromatic nitrogens is 3. The van der Waals surface area contributed by atoms with Crippen molar-refractivity contribution in [3.63, 3.8) is 0 Å². The first-order chi connectivity index (χ1) is 6.58. The Morgan fingerprint density at radius 3 is 2.79 bits per heavy atom. The summed E-state index contributed by atoms with van der Waals surface area (Å²) in [6, 6.07) is 0. The molecule has 0 radical (unpaired) electrons. The number of nitrogen functional groups attached to an aromatic ring is 1. The van der Waals surface area contributed by atoms with Gasteiger partial charge in [0.25, 0.3) is 0 Å². The minimum absolute atomic E-state index is 0.0113. The number of rotatable bonds is 4. The number of nitrogens with one attached hydrogen (secondary N) is 1. The minimum atomic E-state index is -0.911. The van der Waals surface area contributed by atoms with Crippen LogP contribution in [-0.4, -0.2) is 32.6 Å². The Morgan fingerprint density at radius 1 is 1.50 bits per heavy atom. The van der Waals surface area contributed by atoms with Crippen LogP contribution in [-0.2, 0) is 4.79 Å². The van der Waals surface area contributed by atoms with Gasteiger partial charge in [0.1, 0.15) is 0 Å². The molecule has 1 aromatic heterocycles. The first-order valence-electron chi connectivity index (χ1n) is 3.70. The molecule has 0 aliphatic rings. The van der Waals surface area contributed by atoms with Crippen LogP contribution in [0.4, 0.5) is 11.9 Å². The van der Waals surface area contributed by atoms with E-state index in [9.17, 15) is 4.79 Å². The minimum Gasteiger partial charge on any atom is -0.481 e. The second-order valence-electron chi connectivity index (χ2n) is 2.36. The number of nitrogens with zero attached hydrogens (tertiary/aromatic N) is 3. The number of nitrogens with two attached hydrogens (primary N) is 1. The van der Waals surface area contributed by atoms with Crippen molar-refractivity contribution < 1.29 is 9.90 Å². The SMILES string of the molecule is Nc1nc(Cl)nc(NCCC(=O)O)n1. The Bertz CT molecular complexity index is 325. The van der Waals surface area contributed by atoms with E-state index in [1.165, 1.54) is 0 Å². The topological polar surface area (TPSA) is 114 Å². The van der Waals surface area contributed by atoms with Crippen LogP contribution in [0.5, 0.6) is 0 Å². The summed E-state index contributed by atoms with van der Waals surface area (Å²) >= 11 is 5.49. The summed E-state index contributed by atoms with van der Waals surface area (Å²) in [6.07, 6.45) is -0.0385. The highest BCUT2D eigenvalue weighted by atomic mass is 35.5. The van der Waals surface area contributed by atoms with Crippen molar-refractivity contribution in [3.8, 4) is 0 Å². The van der Waals surface area contributed by atoms with Gasteiger partial charge in [-0.3, -0.25) is 4.79 Å². The van der Waals surface area contributed by atoms with Gasteiger partial charge in [0.15, 0.2) is 0 Å². The Kier molecular flexibility index (Phi) is 3.41. The normalized spacial score (nSPS) is 9.79. The van der Waals surface area contributed by atoms with E-state index in [2.05, 4.69) is 20.3 Å². The monoisotopic (exact) mass is 217 g/mol. The van der Waals surface area contributed by atoms with Gasteiger partial charge in [-0.05, 0) is 11.6 Å². The van der Waals surface area contributed by atoms with Gasteiger partial charge >= 0.3 is 5.97 Å². The third-order valence-electron chi connectivity index (χ3n) is 1.25. The molecule has 0 fully saturated rings. The van der Waals surface area contributed by atoms with Crippen LogP contribution < -0.4 is 11.1 Å². The second kappa shape index (κ2) is 4.56. The summed E-state index contributed by atoms with van der Waals surface area (Å²) in [5, 5.41) is 11.0. The fourth-order valence-electron chi connectivity index (χ4n) is 0.726. The fourth-order valence-corrected chi connectivity index (χ4v) is 0.892. The molecule has 1 heterocycles. The highest BCUT2D eigenvalue weighted by Gasteiger charge is 2.02. The molecule has 0 saturated heterocycles. The molecule has 7 nitrogen and oxygen atoms in total. The summed E-state index contributed by atoms with van der Waals surface area (Å²) < 4.78 is 0. The van der Waals surface area contributed by atoms with Crippen LogP contribution in [0.3, 0.4) is 0 Å². The van der Waals surface area contributed by atoms with E-state index < -0.39 is 5.97 Å². The summed E-state index contributed by atoms with van der Waals surface area (Å²) in [7, 11) is 0. The summed E-state index contributed by atoms with van der Waals surface area (Å²) in [5.41, 5.74) is 5.29. The summed E-state index contributed by atoms with van der Waals surface area (Å²) in [6.45, 7) is 0.203. The standard InChI is InChI=1S/C6H8ClN5O2/c7-4-10-5(8)12-6(11-4)9-2-1-3(13)14/h1-2H2,(H,13,14)(H3,8,9,10,11,12). The van der Waals surface area contributed by atoms with E-state index >= 15 is 0 Å². The molecule has 0 atom stereocenters. The third kappa shape index (κ3) is 3.40. The third-order valence-corrected chi connectivity index (χ3v) is 1.42. The summed E-state index contributed by atoms with van der Waals surface area (Å²) in [5.74, 6) is -0.753. The lowest BCUT2D eigenvalue weighted by Crippen LogP contribution is -2.11. The zero-order valence-corrected chi connectivity index (χ0v) is 7.82. The van der Waals surface area contributed by atoms with Crippen molar-refractivity contribution in [1.29, 1.82) is 0 Å². The average Bonchev–Trinajstić information content (AvgIpc) is 2.01. The number of carboxylic acids is 1. The molecule has 0 aromatic carbocycles. The van der Waals surface area contributed by atoms with Crippen molar-refractivity contribution in [2.24, 2.45) is 0 Å². The largest absolute Gasteiger partial charge is 0.481 e. The molecule has 0 saturated carbocycles. The molecule has 76 valence electrons. The lowest BCUT2D eigenvalue weighted by atomic mass is 10.4. The molecular formula is C6H8ClN5O2. The van der Waals surface area contributed by atoms with E-state index in [1.54, 1.807) is 0 Å². The molecule has 8 heteroatoms. The van der Waals surface area contributed by atoms with E-state index in [-0.39, 0.29) is 30.1 Å². The quantitative estimate of drug-likeness (QED) is 0.650. The molecule has 0 aliphatic heterocycles. The zero-order chi connectivity index (χ0) is 10.6. The molecule has 14 heavy (non-hydrogen) atoms. The lowest BCUT2D eigenvalue weighted by Gasteiger charge is -2.02. The molecule has 0 spiro atoms. The smallest absolute Gasteiger partial charge is 0.305 e. The van der Waals surface area contributed by atoms with Crippen LogP contribution in [0.25, 0.3) is 0 Å². The number of halogens is 1. The molecule has 4 N–H and O–H groups in total. The van der Waals surface area contributed by atoms with Gasteiger partial charge < -0.3 is 16.2 Å². The predicted molar refractivity (Wildman–Crippen MR) is 50.0 cm³/mol. The molecule has 1 aromatic rings. The number of hydrogen-bond acceptors (Lipinski definition) is 6. The van der Waals surface area contributed by atoms with Gasteiger partial charge in [-0.2, -0.15) is 15.0 Å². The van der Waals surface area contributed by atoms with Crippen molar-refractivity contribution in [3.05, 3.63) is 5.28 Å². The van der Waals surface area contributed by atoms with E-state index in [0.717, 1.165) is 0 Å². The van der Waals surface area contributed by atoms with Gasteiger partial charge in [0.2, 0.25) is 17.2 Å². The zero-order valence-electron chi connectivity index (χ0n) is 7.07. The Balaban J connectivity index is 2.54. The first-order valence-corrected chi connectivity index (χ1v) is 4.08. The van der Waals surface area contributed by atoms with Gasteiger partial charge in [0, 0.05) is 6.54 Å². The van der Waals surface area contributed by atoms with Crippen molar-refractivity contribution in [2.75, 3.05) is 17.6 Å². The van der Waals surface area contributed by atoms with Crippen LogP contribution >= 0.6 is 11.6 Å². The van der Waals surface area contributed by atoms with Gasteiger partial charge in [0.05, 0.1) is 6.42 Å². The maximum Gasteiger partial charge on any atom is 0.305 e. The molecule has 0 bridgehead atoms. The second-order valence-corrected chi connectivity index (χ2v) is 2.69. The van der Waals surface area contributed by atoms with Crippen LogP contribution in [0.1, 0.15) is 6.42 Å². The number of aliphatic carboxylic acids is 1. The molecule has 1 rings (SSSR count). The Labute approximate surface area is 84.3 Å². The van der Waals surface area contributed by atoms with Crippen molar-refractivity contribution in [2.45, 2.75) is 6.42 Å². The molecular weight excluding hydrogens is 210 g/mol. The van der Waals surface area contributed by atoms with Gasteiger partial charge in [-0.25, -0.2) is 0 Å². The fraction of sp³-hybridized carbons (Fsp3) is 0.333. The number of hydrogen-bond donors (Lipinski definition) is 3. The summed E-state index contributed by atoms with van der Waals surface area (Å²) in [4.78, 5) is 21.1. The average molecular weight is 218 g/mol. The molecule has 0 unspecified atom stereocenters. The predicted octanol–water partition coefficient (Wildman–Crippen LogP) is -0.00620. The van der Waals surface area contributed by atoms with Crippen LogP contribution in [0.2, 0.25) is 5.28 Å². The lowest BCUT2D eigenvalue weighted by molar-refractivity contribution is -0.136.